The van der Waals surface area contributed by atoms with Crippen LogP contribution in [0.1, 0.15) is 12.0 Å². The molecule has 0 radical (unpaired) electrons. The van der Waals surface area contributed by atoms with E-state index in [-0.39, 0.29) is 0 Å². The quantitative estimate of drug-likeness (QED) is 0.817. The SMILES string of the molecule is COC(=O)C(N)CCc1ccc(OC)cc1Cl. The molecule has 0 aliphatic carbocycles. The highest BCUT2D eigenvalue weighted by Crippen LogP contribution is 2.23. The van der Waals surface area contributed by atoms with Crippen LogP contribution in [-0.2, 0) is 16.0 Å². The van der Waals surface area contributed by atoms with Gasteiger partial charge in [-0.05, 0) is 30.5 Å². The van der Waals surface area contributed by atoms with E-state index < -0.39 is 12.0 Å². The van der Waals surface area contributed by atoms with Gasteiger partial charge in [0, 0.05) is 5.02 Å². The van der Waals surface area contributed by atoms with Gasteiger partial charge in [-0.25, -0.2) is 0 Å². The molecule has 0 aliphatic rings. The molecule has 1 unspecified atom stereocenters. The first-order valence-electron chi connectivity index (χ1n) is 5.24. The standard InChI is InChI=1S/C12H16ClNO3/c1-16-9-5-3-8(10(13)7-9)4-6-11(14)12(15)17-2/h3,5,7,11H,4,6,14H2,1-2H3. The number of ether oxygens (including phenoxy) is 2. The van der Waals surface area contributed by atoms with Gasteiger partial charge in [-0.15, -0.1) is 0 Å². The zero-order valence-electron chi connectivity index (χ0n) is 9.90. The lowest BCUT2D eigenvalue weighted by molar-refractivity contribution is -0.142. The summed E-state index contributed by atoms with van der Waals surface area (Å²) in [6.07, 6.45) is 1.12. The third-order valence-electron chi connectivity index (χ3n) is 2.49. The summed E-state index contributed by atoms with van der Waals surface area (Å²) in [5.41, 5.74) is 6.58. The van der Waals surface area contributed by atoms with E-state index in [0.29, 0.717) is 23.6 Å². The summed E-state index contributed by atoms with van der Waals surface area (Å²) in [6, 6.07) is 4.81. The van der Waals surface area contributed by atoms with Crippen LogP contribution >= 0.6 is 11.6 Å². The van der Waals surface area contributed by atoms with Crippen LogP contribution in [-0.4, -0.2) is 26.2 Å². The van der Waals surface area contributed by atoms with Crippen LogP contribution in [0.5, 0.6) is 5.75 Å². The predicted molar refractivity (Wildman–Crippen MR) is 66.3 cm³/mol. The van der Waals surface area contributed by atoms with E-state index >= 15 is 0 Å². The van der Waals surface area contributed by atoms with E-state index in [1.54, 1.807) is 13.2 Å². The van der Waals surface area contributed by atoms with Crippen molar-refractivity contribution in [3.8, 4) is 5.75 Å². The van der Waals surface area contributed by atoms with Gasteiger partial charge in [0.1, 0.15) is 11.8 Å². The van der Waals surface area contributed by atoms with Crippen LogP contribution in [0.2, 0.25) is 5.02 Å². The molecule has 1 aromatic rings. The summed E-state index contributed by atoms with van der Waals surface area (Å²) in [5, 5.41) is 0.612. The number of halogens is 1. The Hall–Kier alpha value is -1.26. The van der Waals surface area contributed by atoms with Crippen LogP contribution in [0.25, 0.3) is 0 Å². The third-order valence-corrected chi connectivity index (χ3v) is 2.84. The second-order valence-corrected chi connectivity index (χ2v) is 4.03. The fraction of sp³-hybridized carbons (Fsp3) is 0.417. The summed E-state index contributed by atoms with van der Waals surface area (Å²) in [4.78, 5) is 11.1. The molecule has 1 aromatic carbocycles. The molecule has 94 valence electrons. The molecule has 1 atom stereocenters. The molecule has 0 saturated carbocycles. The van der Waals surface area contributed by atoms with Gasteiger partial charge in [0.2, 0.25) is 0 Å². The van der Waals surface area contributed by atoms with E-state index in [1.807, 2.05) is 12.1 Å². The smallest absolute Gasteiger partial charge is 0.322 e. The summed E-state index contributed by atoms with van der Waals surface area (Å²) in [6.45, 7) is 0. The molecule has 17 heavy (non-hydrogen) atoms. The minimum Gasteiger partial charge on any atom is -0.497 e. The number of methoxy groups -OCH3 is 2. The molecule has 0 aromatic heterocycles. The van der Waals surface area contributed by atoms with E-state index in [4.69, 9.17) is 22.1 Å². The Balaban J connectivity index is 2.60. The lowest BCUT2D eigenvalue weighted by Crippen LogP contribution is -2.31. The molecule has 0 bridgehead atoms. The minimum atomic E-state index is -0.613. The van der Waals surface area contributed by atoms with Crippen molar-refractivity contribution in [2.45, 2.75) is 18.9 Å². The number of esters is 1. The van der Waals surface area contributed by atoms with Crippen molar-refractivity contribution >= 4 is 17.6 Å². The maximum absolute atomic E-state index is 11.1. The normalized spacial score (nSPS) is 12.0. The van der Waals surface area contributed by atoms with Crippen molar-refractivity contribution in [1.29, 1.82) is 0 Å². The molecule has 0 spiro atoms. The first-order valence-corrected chi connectivity index (χ1v) is 5.62. The first-order chi connectivity index (χ1) is 8.08. The van der Waals surface area contributed by atoms with Gasteiger partial charge in [-0.1, -0.05) is 17.7 Å². The van der Waals surface area contributed by atoms with Crippen LogP contribution < -0.4 is 10.5 Å². The van der Waals surface area contributed by atoms with Gasteiger partial charge in [0.15, 0.2) is 0 Å². The number of aryl methyl sites for hydroxylation is 1. The lowest BCUT2D eigenvalue weighted by atomic mass is 10.1. The van der Waals surface area contributed by atoms with Crippen molar-refractivity contribution in [2.24, 2.45) is 5.73 Å². The molecule has 4 nitrogen and oxygen atoms in total. The Morgan fingerprint density at radius 3 is 2.71 bits per heavy atom. The van der Waals surface area contributed by atoms with Gasteiger partial charge in [0.05, 0.1) is 14.2 Å². The number of carbonyl (C=O) groups excluding carboxylic acids is 1. The third kappa shape index (κ3) is 3.91. The van der Waals surface area contributed by atoms with E-state index in [0.717, 1.165) is 5.56 Å². The Bertz CT molecular complexity index is 395. The lowest BCUT2D eigenvalue weighted by Gasteiger charge is -2.10. The van der Waals surface area contributed by atoms with Crippen LogP contribution in [0.15, 0.2) is 18.2 Å². The van der Waals surface area contributed by atoms with Crippen LogP contribution in [0.3, 0.4) is 0 Å². The molecule has 1 rings (SSSR count). The molecular formula is C12H16ClNO3. The van der Waals surface area contributed by atoms with Crippen LogP contribution in [0, 0.1) is 0 Å². The Labute approximate surface area is 106 Å². The number of hydrogen-bond acceptors (Lipinski definition) is 4. The number of rotatable bonds is 5. The number of nitrogens with two attached hydrogens (primary N) is 1. The monoisotopic (exact) mass is 257 g/mol. The van der Waals surface area contributed by atoms with Crippen LogP contribution in [0.4, 0.5) is 0 Å². The highest BCUT2D eigenvalue weighted by molar-refractivity contribution is 6.31. The van der Waals surface area contributed by atoms with Crippen molar-refractivity contribution in [1.82, 2.24) is 0 Å². The Morgan fingerprint density at radius 1 is 1.47 bits per heavy atom. The van der Waals surface area contributed by atoms with Gasteiger partial charge in [0.25, 0.3) is 0 Å². The average molecular weight is 258 g/mol. The molecule has 2 N–H and O–H groups in total. The van der Waals surface area contributed by atoms with E-state index in [9.17, 15) is 4.79 Å². The molecule has 0 aliphatic heterocycles. The van der Waals surface area contributed by atoms with Crippen molar-refractivity contribution in [2.75, 3.05) is 14.2 Å². The molecule has 0 fully saturated rings. The van der Waals surface area contributed by atoms with Gasteiger partial charge >= 0.3 is 5.97 Å². The number of carbonyl (C=O) groups is 1. The van der Waals surface area contributed by atoms with Gasteiger partial charge < -0.3 is 15.2 Å². The van der Waals surface area contributed by atoms with Crippen molar-refractivity contribution < 1.29 is 14.3 Å². The fourth-order valence-electron chi connectivity index (χ4n) is 1.44. The predicted octanol–water partition coefficient (Wildman–Crippen LogP) is 1.78. The maximum Gasteiger partial charge on any atom is 0.322 e. The second kappa shape index (κ2) is 6.47. The largest absolute Gasteiger partial charge is 0.497 e. The highest BCUT2D eigenvalue weighted by atomic mass is 35.5. The molecule has 5 heteroatoms. The van der Waals surface area contributed by atoms with Gasteiger partial charge in [-0.2, -0.15) is 0 Å². The minimum absolute atomic E-state index is 0.408. The summed E-state index contributed by atoms with van der Waals surface area (Å²) in [7, 11) is 2.90. The second-order valence-electron chi connectivity index (χ2n) is 3.63. The van der Waals surface area contributed by atoms with E-state index in [1.165, 1.54) is 7.11 Å². The number of benzene rings is 1. The van der Waals surface area contributed by atoms with Gasteiger partial charge in [-0.3, -0.25) is 4.79 Å². The topological polar surface area (TPSA) is 61.5 Å². The van der Waals surface area contributed by atoms with E-state index in [2.05, 4.69) is 4.74 Å². The van der Waals surface area contributed by atoms with Crippen molar-refractivity contribution in [3.05, 3.63) is 28.8 Å². The molecule has 0 heterocycles. The summed E-state index contributed by atoms with van der Waals surface area (Å²) < 4.78 is 9.60. The summed E-state index contributed by atoms with van der Waals surface area (Å²) in [5.74, 6) is 0.297. The number of hydrogen-bond donors (Lipinski definition) is 1. The first kappa shape index (κ1) is 13.8. The zero-order valence-corrected chi connectivity index (χ0v) is 10.7. The fourth-order valence-corrected chi connectivity index (χ4v) is 1.70. The Morgan fingerprint density at radius 2 is 2.18 bits per heavy atom. The Kier molecular flexibility index (Phi) is 5.25. The highest BCUT2D eigenvalue weighted by Gasteiger charge is 2.14. The average Bonchev–Trinajstić information content (AvgIpc) is 2.35. The molecule has 0 saturated heterocycles. The zero-order chi connectivity index (χ0) is 12.8. The molecule has 0 amide bonds. The summed E-state index contributed by atoms with van der Waals surface area (Å²) >= 11 is 6.07. The molecular weight excluding hydrogens is 242 g/mol. The maximum atomic E-state index is 11.1. The van der Waals surface area contributed by atoms with Crippen molar-refractivity contribution in [3.63, 3.8) is 0 Å².